The topological polar surface area (TPSA) is 400 Å². The first kappa shape index (κ1) is 93.5. The Labute approximate surface area is 801 Å². The third kappa shape index (κ3) is 22.8. The zero-order valence-electron chi connectivity index (χ0n) is 74.9. The minimum atomic E-state index is -0.0520. The average Bonchev–Trinajstić information content (AvgIpc) is 0.786. The highest BCUT2D eigenvalue weighted by molar-refractivity contribution is 5.95. The number of hydrogen-bond donors (Lipinski definition) is 5. The molecule has 0 fully saturated rings. The second kappa shape index (κ2) is 45.1. The maximum Gasteiger partial charge on any atom is 0.326 e. The van der Waals surface area contributed by atoms with Crippen molar-refractivity contribution in [3.63, 3.8) is 0 Å². The van der Waals surface area contributed by atoms with Crippen LogP contribution in [0.4, 0.5) is 0 Å². The molecule has 0 bridgehead atoms. The zero-order chi connectivity index (χ0) is 97.1. The van der Waals surface area contributed by atoms with Crippen LogP contribution in [0.3, 0.4) is 0 Å². The Morgan fingerprint density at radius 1 is 0.200 bits per heavy atom. The second-order valence-electron chi connectivity index (χ2n) is 30.3. The van der Waals surface area contributed by atoms with Crippen LogP contribution in [0.1, 0.15) is 41.4 Å². The first-order chi connectivity index (χ1) is 68.6. The summed E-state index contributed by atoms with van der Waals surface area (Å²) < 4.78 is 22.1. The molecule has 28 heteroatoms. The SMILES string of the molecule is COc1cc(-c2nc(-c3ccccc3)nc(-c3ccccc3O)n2)cc(C=O)c1C=O.COc1ccccc1-c1nc(-c2ccccc2O)nc(-c2ccccc2OC)n1.O=Cc1ccc(-c2nc(-c3ccccc3)nc(-c3ccccc3)n2)c(O)c1.O=Cc1ccc(-c2nc(-c3ccccc3)nc(-c3ccccc3O)n2)cc1.Oc1ccccc1-c1nc(Oc2ccccc2)nc(-c2ccccc2)n1. The van der Waals surface area contributed by atoms with Gasteiger partial charge in [-0.3, -0.25) is 19.2 Å². The number of benzene rings is 15. The zero-order valence-corrected chi connectivity index (χ0v) is 74.9. The fraction of sp³-hybridized carbons (Fsp3) is 0.0268. The average molecular weight is 1840 g/mol. The molecule has 0 spiro atoms. The van der Waals surface area contributed by atoms with Gasteiger partial charge in [-0.15, -0.1) is 0 Å². The molecular weight excluding hydrogens is 1760 g/mol. The monoisotopic (exact) mass is 1840 g/mol. The molecule has 0 aliphatic heterocycles. The third-order valence-electron chi connectivity index (χ3n) is 21.1. The van der Waals surface area contributed by atoms with E-state index in [0.717, 1.165) is 50.8 Å². The number of aldehydes is 4. The highest BCUT2D eigenvalue weighted by atomic mass is 16.5. The highest BCUT2D eigenvalue weighted by Crippen LogP contribution is 2.40. The summed E-state index contributed by atoms with van der Waals surface area (Å²) in [7, 11) is 4.62. The summed E-state index contributed by atoms with van der Waals surface area (Å²) in [4.78, 5) is 113. The molecule has 140 heavy (non-hydrogen) atoms. The largest absolute Gasteiger partial charge is 0.507 e. The van der Waals surface area contributed by atoms with E-state index >= 15 is 0 Å². The summed E-state index contributed by atoms with van der Waals surface area (Å²) in [5.74, 6) is 8.18. The van der Waals surface area contributed by atoms with Gasteiger partial charge in [-0.1, -0.05) is 273 Å². The van der Waals surface area contributed by atoms with Crippen molar-refractivity contribution in [3.8, 4) is 217 Å². The number of para-hydroxylation sites is 7. The Morgan fingerprint density at radius 3 is 0.779 bits per heavy atom. The molecule has 5 heterocycles. The van der Waals surface area contributed by atoms with Gasteiger partial charge in [-0.25, -0.2) is 64.8 Å². The normalized spacial score (nSPS) is 10.5. The molecule has 0 amide bonds. The molecular formula is C112H81N15O13. The van der Waals surface area contributed by atoms with Crippen molar-refractivity contribution in [1.29, 1.82) is 0 Å². The van der Waals surface area contributed by atoms with E-state index in [9.17, 15) is 44.7 Å². The smallest absolute Gasteiger partial charge is 0.326 e. The van der Waals surface area contributed by atoms with Crippen LogP contribution in [0.15, 0.2) is 382 Å². The maximum atomic E-state index is 11.6. The minimum absolute atomic E-state index is 0.0288. The Kier molecular flexibility index (Phi) is 30.1. The Balaban J connectivity index is 0.000000126. The number of ether oxygens (including phenoxy) is 4. The van der Waals surface area contributed by atoms with E-state index in [4.69, 9.17) is 18.9 Å². The summed E-state index contributed by atoms with van der Waals surface area (Å²) in [5, 5.41) is 51.4. The molecule has 20 rings (SSSR count). The van der Waals surface area contributed by atoms with Crippen molar-refractivity contribution in [2.75, 3.05) is 21.3 Å². The van der Waals surface area contributed by atoms with Crippen molar-refractivity contribution in [2.45, 2.75) is 0 Å². The molecule has 0 unspecified atom stereocenters. The second-order valence-corrected chi connectivity index (χ2v) is 30.3. The minimum Gasteiger partial charge on any atom is -0.507 e. The summed E-state index contributed by atoms with van der Waals surface area (Å²) in [5.41, 5.74) is 10.6. The van der Waals surface area contributed by atoms with Gasteiger partial charge in [0.1, 0.15) is 64.3 Å². The summed E-state index contributed by atoms with van der Waals surface area (Å²) in [6, 6.07) is 115. The molecule has 0 aliphatic carbocycles. The molecule has 20 aromatic rings. The number of methoxy groups -OCH3 is 3. The number of phenols is 5. The highest BCUT2D eigenvalue weighted by Gasteiger charge is 2.24. The molecule has 28 nitrogen and oxygen atoms in total. The van der Waals surface area contributed by atoms with Crippen molar-refractivity contribution >= 4 is 25.1 Å². The quantitative estimate of drug-likeness (QED) is 0.0371. The van der Waals surface area contributed by atoms with Gasteiger partial charge < -0.3 is 44.5 Å². The molecule has 5 aromatic heterocycles. The maximum absolute atomic E-state index is 11.6. The predicted molar refractivity (Wildman–Crippen MR) is 531 cm³/mol. The predicted octanol–water partition coefficient (Wildman–Crippen LogP) is 22.3. The van der Waals surface area contributed by atoms with Crippen LogP contribution < -0.4 is 18.9 Å². The van der Waals surface area contributed by atoms with Crippen molar-refractivity contribution in [3.05, 3.63) is 404 Å². The van der Waals surface area contributed by atoms with E-state index in [0.29, 0.717) is 151 Å². The van der Waals surface area contributed by atoms with E-state index in [-0.39, 0.29) is 63.3 Å². The van der Waals surface area contributed by atoms with E-state index in [1.807, 2.05) is 249 Å². The lowest BCUT2D eigenvalue weighted by atomic mass is 10.0. The number of carbonyl (C=O) groups is 4. The number of hydrogen-bond acceptors (Lipinski definition) is 28. The van der Waals surface area contributed by atoms with Crippen LogP contribution in [0, 0.1) is 0 Å². The molecule has 0 atom stereocenters. The van der Waals surface area contributed by atoms with Gasteiger partial charge in [0, 0.05) is 55.6 Å². The number of rotatable bonds is 23. The Hall–Kier alpha value is -19.8. The van der Waals surface area contributed by atoms with E-state index in [2.05, 4.69) is 74.8 Å². The van der Waals surface area contributed by atoms with Gasteiger partial charge in [0.15, 0.2) is 94.1 Å². The van der Waals surface area contributed by atoms with E-state index in [1.165, 1.54) is 19.2 Å². The number of carbonyl (C=O) groups excluding carboxylic acids is 4. The van der Waals surface area contributed by atoms with Crippen molar-refractivity contribution in [2.24, 2.45) is 0 Å². The van der Waals surface area contributed by atoms with Crippen LogP contribution in [-0.2, 0) is 0 Å². The molecule has 15 aromatic carbocycles. The lowest BCUT2D eigenvalue weighted by molar-refractivity contribution is 0.109. The first-order valence-corrected chi connectivity index (χ1v) is 43.3. The number of phenolic OH excluding ortho intramolecular Hbond substituents is 5. The van der Waals surface area contributed by atoms with E-state index in [1.54, 1.807) is 136 Å². The van der Waals surface area contributed by atoms with Crippen LogP contribution in [0.25, 0.3) is 159 Å². The number of aromatic hydroxyl groups is 5. The lowest BCUT2D eigenvalue weighted by Gasteiger charge is -2.12. The molecule has 0 saturated carbocycles. The van der Waals surface area contributed by atoms with Gasteiger partial charge in [0.25, 0.3) is 0 Å². The summed E-state index contributed by atoms with van der Waals surface area (Å²) >= 11 is 0. The Bertz CT molecular complexity index is 7590. The molecule has 0 radical (unpaired) electrons. The van der Waals surface area contributed by atoms with E-state index < -0.39 is 0 Å². The summed E-state index contributed by atoms with van der Waals surface area (Å²) in [6.45, 7) is 0. The van der Waals surface area contributed by atoms with Crippen molar-refractivity contribution in [1.82, 2.24) is 74.8 Å². The van der Waals surface area contributed by atoms with Gasteiger partial charge >= 0.3 is 6.01 Å². The van der Waals surface area contributed by atoms with Gasteiger partial charge in [-0.05, 0) is 109 Å². The molecule has 0 saturated heterocycles. The molecule has 0 aliphatic rings. The summed E-state index contributed by atoms with van der Waals surface area (Å²) in [6.07, 6.45) is 2.63. The number of nitrogens with zero attached hydrogens (tertiary/aromatic N) is 15. The van der Waals surface area contributed by atoms with Gasteiger partial charge in [0.2, 0.25) is 0 Å². The number of aromatic nitrogens is 15. The molecule has 682 valence electrons. The fourth-order valence-corrected chi connectivity index (χ4v) is 14.2. The standard InChI is InChI=1S/C24H17N3O4.C23H19N3O3.2C22H15N3O2.C21H15N3O2/c1-31-21-12-16(11-17(13-28)19(21)14-29)23-25-22(15-7-3-2-4-8-15)26-24(27-23)18-9-5-6-10-20(18)30;1-28-19-13-7-4-10-16(19)22-24-21(15-9-3-6-12-18(15)27)25-23(26-22)17-11-5-8-14-20(17)29-2;26-14-15-11-12-18(19(27)13-15)22-24-20(16-7-3-1-4-8-16)23-21(25-22)17-9-5-2-6-10-17;26-14-15-10-12-17(13-11-15)21-23-20(16-6-2-1-3-7-16)24-22(25-21)18-8-4-5-9-19(18)27;25-18-14-8-7-13-17(18)20-22-19(15-9-3-1-4-10-15)23-21(24-20)26-16-11-5-2-6-12-16/h2-14,30H,1H3;3-14,27H,1-2H3;2*1-14,27H;1-14,25H. The Morgan fingerprint density at radius 2 is 0.457 bits per heavy atom. The van der Waals surface area contributed by atoms with Gasteiger partial charge in [-0.2, -0.15) is 9.97 Å². The lowest BCUT2D eigenvalue weighted by Crippen LogP contribution is -2.02. The van der Waals surface area contributed by atoms with Crippen molar-refractivity contribution < 1.29 is 63.7 Å². The molecule has 5 N–H and O–H groups in total. The van der Waals surface area contributed by atoms with Gasteiger partial charge in [0.05, 0.1) is 65.8 Å². The van der Waals surface area contributed by atoms with Crippen LogP contribution in [0.5, 0.6) is 57.8 Å². The van der Waals surface area contributed by atoms with Crippen LogP contribution in [-0.4, -0.2) is 147 Å². The first-order valence-electron chi connectivity index (χ1n) is 43.3. The third-order valence-corrected chi connectivity index (χ3v) is 21.1. The fourth-order valence-electron chi connectivity index (χ4n) is 14.2. The van der Waals surface area contributed by atoms with Crippen LogP contribution >= 0.6 is 0 Å². The van der Waals surface area contributed by atoms with Crippen LogP contribution in [0.2, 0.25) is 0 Å².